The van der Waals surface area contributed by atoms with Crippen molar-refractivity contribution in [2.75, 3.05) is 54.9 Å². The van der Waals surface area contributed by atoms with E-state index in [0.29, 0.717) is 28.8 Å². The molecule has 1 aromatic heterocycles. The van der Waals surface area contributed by atoms with Crippen LogP contribution in [0.5, 0.6) is 0 Å². The Bertz CT molecular complexity index is 910. The second kappa shape index (κ2) is 8.69. The third kappa shape index (κ3) is 4.71. The summed E-state index contributed by atoms with van der Waals surface area (Å²) in [6, 6.07) is 5.61. The number of benzene rings is 1. The number of hydrogen-bond donors (Lipinski definition) is 1. The SMILES string of the molecule is CN1CCN(c2ccc(Cl)cc2NC(=O)Cc2csc(N3CCCC3=O)n2)CC1. The zero-order chi connectivity index (χ0) is 20.4. The molecule has 9 heteroatoms. The van der Waals surface area contributed by atoms with Gasteiger partial charge in [0.2, 0.25) is 11.8 Å². The van der Waals surface area contributed by atoms with Crippen molar-refractivity contribution in [2.24, 2.45) is 0 Å². The van der Waals surface area contributed by atoms with Gasteiger partial charge in [0.05, 0.1) is 23.5 Å². The number of aromatic nitrogens is 1. The van der Waals surface area contributed by atoms with Gasteiger partial charge in [-0.05, 0) is 31.7 Å². The standard InChI is InChI=1S/C20H24ClN5O2S/c1-24-7-9-25(10-8-24)17-5-4-14(21)11-16(17)23-18(27)12-15-13-29-20(22-15)26-6-2-3-19(26)28/h4-5,11,13H,2-3,6-10,12H2,1H3,(H,23,27). The largest absolute Gasteiger partial charge is 0.367 e. The van der Waals surface area contributed by atoms with Crippen molar-refractivity contribution in [1.82, 2.24) is 9.88 Å². The molecule has 3 heterocycles. The van der Waals surface area contributed by atoms with Crippen molar-refractivity contribution in [3.05, 3.63) is 34.3 Å². The highest BCUT2D eigenvalue weighted by Gasteiger charge is 2.24. The number of halogens is 1. The van der Waals surface area contributed by atoms with Gasteiger partial charge in [-0.3, -0.25) is 14.5 Å². The van der Waals surface area contributed by atoms with E-state index >= 15 is 0 Å². The van der Waals surface area contributed by atoms with Crippen molar-refractivity contribution < 1.29 is 9.59 Å². The summed E-state index contributed by atoms with van der Waals surface area (Å²) in [6.07, 6.45) is 1.59. The molecule has 2 saturated heterocycles. The van der Waals surface area contributed by atoms with Crippen LogP contribution in [0.25, 0.3) is 0 Å². The molecular weight excluding hydrogens is 410 g/mol. The van der Waals surface area contributed by atoms with Gasteiger partial charge in [-0.15, -0.1) is 11.3 Å². The lowest BCUT2D eigenvalue weighted by molar-refractivity contribution is -0.117. The molecule has 154 valence electrons. The molecule has 2 aromatic rings. The smallest absolute Gasteiger partial charge is 0.230 e. The predicted octanol–water partition coefficient (Wildman–Crippen LogP) is 2.86. The number of anilines is 3. The molecular formula is C20H24ClN5O2S. The van der Waals surface area contributed by atoms with Crippen LogP contribution in [0.2, 0.25) is 5.02 Å². The number of hydrogen-bond acceptors (Lipinski definition) is 6. The Morgan fingerprint density at radius 2 is 2.03 bits per heavy atom. The minimum absolute atomic E-state index is 0.103. The first-order chi connectivity index (χ1) is 14.0. The molecule has 0 unspecified atom stereocenters. The van der Waals surface area contributed by atoms with Crippen LogP contribution in [0.1, 0.15) is 18.5 Å². The highest BCUT2D eigenvalue weighted by atomic mass is 35.5. The molecule has 2 aliphatic heterocycles. The Balaban J connectivity index is 1.44. The normalized spacial score (nSPS) is 17.8. The maximum absolute atomic E-state index is 12.7. The first kappa shape index (κ1) is 20.1. The van der Waals surface area contributed by atoms with E-state index in [2.05, 4.69) is 27.1 Å². The fourth-order valence-electron chi connectivity index (χ4n) is 3.64. The molecule has 0 bridgehead atoms. The van der Waals surface area contributed by atoms with E-state index in [0.717, 1.165) is 44.0 Å². The van der Waals surface area contributed by atoms with Crippen LogP contribution in [0.4, 0.5) is 16.5 Å². The third-order valence-corrected chi connectivity index (χ3v) is 6.41. The van der Waals surface area contributed by atoms with Gasteiger partial charge in [0, 0.05) is 49.5 Å². The minimum Gasteiger partial charge on any atom is -0.367 e. The van der Waals surface area contributed by atoms with Crippen LogP contribution in [0.15, 0.2) is 23.6 Å². The fourth-order valence-corrected chi connectivity index (χ4v) is 4.68. The van der Waals surface area contributed by atoms with E-state index in [1.54, 1.807) is 11.0 Å². The number of nitrogens with zero attached hydrogens (tertiary/aromatic N) is 4. The van der Waals surface area contributed by atoms with Gasteiger partial charge in [0.25, 0.3) is 0 Å². The molecule has 4 rings (SSSR count). The zero-order valence-electron chi connectivity index (χ0n) is 16.4. The molecule has 2 aliphatic rings. The second-order valence-electron chi connectivity index (χ2n) is 7.45. The lowest BCUT2D eigenvalue weighted by Crippen LogP contribution is -2.44. The van der Waals surface area contributed by atoms with Crippen molar-refractivity contribution >= 4 is 51.3 Å². The van der Waals surface area contributed by atoms with Crippen molar-refractivity contribution in [1.29, 1.82) is 0 Å². The Labute approximate surface area is 179 Å². The summed E-state index contributed by atoms with van der Waals surface area (Å²) in [6.45, 7) is 4.47. The summed E-state index contributed by atoms with van der Waals surface area (Å²) in [7, 11) is 2.11. The van der Waals surface area contributed by atoms with Crippen LogP contribution < -0.4 is 15.1 Å². The van der Waals surface area contributed by atoms with Gasteiger partial charge < -0.3 is 15.1 Å². The molecule has 2 fully saturated rings. The molecule has 0 aliphatic carbocycles. The summed E-state index contributed by atoms with van der Waals surface area (Å²) in [4.78, 5) is 35.3. The first-order valence-electron chi connectivity index (χ1n) is 9.77. The zero-order valence-corrected chi connectivity index (χ0v) is 17.9. The Kier molecular flexibility index (Phi) is 6.03. The Hall–Kier alpha value is -2.16. The maximum Gasteiger partial charge on any atom is 0.230 e. The van der Waals surface area contributed by atoms with E-state index in [9.17, 15) is 9.59 Å². The van der Waals surface area contributed by atoms with Gasteiger partial charge in [-0.25, -0.2) is 4.98 Å². The summed E-state index contributed by atoms with van der Waals surface area (Å²) in [5, 5.41) is 6.11. The fraction of sp³-hybridized carbons (Fsp3) is 0.450. The predicted molar refractivity (Wildman–Crippen MR) is 117 cm³/mol. The van der Waals surface area contributed by atoms with Gasteiger partial charge in [-0.1, -0.05) is 11.6 Å². The van der Waals surface area contributed by atoms with Crippen LogP contribution in [0, 0.1) is 0 Å². The van der Waals surface area contributed by atoms with Crippen LogP contribution in [0.3, 0.4) is 0 Å². The minimum atomic E-state index is -0.146. The molecule has 0 spiro atoms. The lowest BCUT2D eigenvalue weighted by Gasteiger charge is -2.35. The lowest BCUT2D eigenvalue weighted by atomic mass is 10.2. The highest BCUT2D eigenvalue weighted by molar-refractivity contribution is 7.14. The van der Waals surface area contributed by atoms with E-state index in [1.807, 2.05) is 17.5 Å². The average molecular weight is 434 g/mol. The molecule has 2 amide bonds. The number of rotatable bonds is 5. The molecule has 0 atom stereocenters. The van der Waals surface area contributed by atoms with E-state index < -0.39 is 0 Å². The Morgan fingerprint density at radius 3 is 2.76 bits per heavy atom. The monoisotopic (exact) mass is 433 g/mol. The van der Waals surface area contributed by atoms with E-state index in [-0.39, 0.29) is 18.2 Å². The Morgan fingerprint density at radius 1 is 1.24 bits per heavy atom. The molecule has 0 radical (unpaired) electrons. The number of amides is 2. The van der Waals surface area contributed by atoms with Crippen LogP contribution in [-0.4, -0.2) is 61.5 Å². The van der Waals surface area contributed by atoms with E-state index in [4.69, 9.17) is 11.6 Å². The molecule has 0 saturated carbocycles. The third-order valence-electron chi connectivity index (χ3n) is 5.26. The van der Waals surface area contributed by atoms with Gasteiger partial charge >= 0.3 is 0 Å². The first-order valence-corrected chi connectivity index (χ1v) is 11.0. The number of likely N-dealkylation sites (N-methyl/N-ethyl adjacent to an activating group) is 1. The van der Waals surface area contributed by atoms with Crippen molar-refractivity contribution in [3.63, 3.8) is 0 Å². The summed E-state index contributed by atoms with van der Waals surface area (Å²) in [5.74, 6) is -0.0432. The summed E-state index contributed by atoms with van der Waals surface area (Å²) < 4.78 is 0. The van der Waals surface area contributed by atoms with E-state index in [1.165, 1.54) is 11.3 Å². The van der Waals surface area contributed by atoms with Gasteiger partial charge in [0.15, 0.2) is 5.13 Å². The molecule has 1 N–H and O–H groups in total. The highest BCUT2D eigenvalue weighted by Crippen LogP contribution is 2.30. The quantitative estimate of drug-likeness (QED) is 0.785. The van der Waals surface area contributed by atoms with Crippen molar-refractivity contribution in [2.45, 2.75) is 19.3 Å². The average Bonchev–Trinajstić information content (AvgIpc) is 3.31. The topological polar surface area (TPSA) is 68.8 Å². The number of carbonyl (C=O) groups excluding carboxylic acids is 2. The maximum atomic E-state index is 12.7. The molecule has 29 heavy (non-hydrogen) atoms. The van der Waals surface area contributed by atoms with Gasteiger partial charge in [-0.2, -0.15) is 0 Å². The van der Waals surface area contributed by atoms with Crippen molar-refractivity contribution in [3.8, 4) is 0 Å². The second-order valence-corrected chi connectivity index (χ2v) is 8.72. The number of carbonyl (C=O) groups is 2. The number of piperazine rings is 1. The van der Waals surface area contributed by atoms with Crippen LogP contribution in [-0.2, 0) is 16.0 Å². The van der Waals surface area contributed by atoms with Crippen LogP contribution >= 0.6 is 22.9 Å². The number of thiazole rings is 1. The molecule has 1 aromatic carbocycles. The molecule has 7 nitrogen and oxygen atoms in total. The summed E-state index contributed by atoms with van der Waals surface area (Å²) in [5.41, 5.74) is 2.38. The summed E-state index contributed by atoms with van der Waals surface area (Å²) >= 11 is 7.59. The van der Waals surface area contributed by atoms with Gasteiger partial charge in [0.1, 0.15) is 0 Å². The number of nitrogens with one attached hydrogen (secondary N) is 1.